The first-order valence-electron chi connectivity index (χ1n) is 50.6. The number of aromatic nitrogens is 8. The highest BCUT2D eigenvalue weighted by atomic mass is 16.3. The number of nitrogens with zero attached hydrogens (tertiary/aromatic N) is 8. The van der Waals surface area contributed by atoms with Gasteiger partial charge >= 0.3 is 0 Å². The van der Waals surface area contributed by atoms with Crippen LogP contribution in [-0.2, 0) is 28.2 Å². The average molecular weight is 1710 g/mol. The van der Waals surface area contributed by atoms with E-state index in [1.165, 1.54) is 16.7 Å². The van der Waals surface area contributed by atoms with Crippen LogP contribution in [0.1, 0.15) is 76.3 Å². The molecule has 0 fully saturated rings. The number of hydrogen-bond donors (Lipinski definition) is 0. The summed E-state index contributed by atoms with van der Waals surface area (Å²) in [6.07, 6.45) is 12.6. The SMILES string of the molecule is Cc1ccc2c(oc3c4ccccc4cnc23)c1-c1cc(-c2ccccc2)cc[n+]1C.[2H]C([2H])([2H])c1c[n+](C)c(-c2c(C)cc(C([2H])([2H])[2H])c3c2oc2c4ccccc4c(C)nc23)cc1-c1ccccc1.[2H]C([2H])([2H])c1c[n+](C)c(-c2c(C)cc(C([2H])([2H])[2H])c3c2oc2c4ccccc4cnc23)cc1-c1ccccc1.[2H]C([2H])([2H])c1c[n+](C)c(-c2c(C)ccc3c2oc2c4ccccc4cnc32)cc1-c1ccccc1. The summed E-state index contributed by atoms with van der Waals surface area (Å²) in [6.45, 7) is -1.91. The van der Waals surface area contributed by atoms with Crippen LogP contribution in [0.2, 0.25) is 0 Å². The van der Waals surface area contributed by atoms with E-state index in [1.807, 2.05) is 252 Å². The van der Waals surface area contributed by atoms with E-state index in [9.17, 15) is 0 Å². The molecule has 0 bridgehead atoms. The molecule has 0 aliphatic carbocycles. The van der Waals surface area contributed by atoms with Crippen LogP contribution in [0.25, 0.3) is 221 Å². The summed E-state index contributed by atoms with van der Waals surface area (Å²) in [5.74, 6) is 0. The van der Waals surface area contributed by atoms with Gasteiger partial charge in [-0.05, 0) is 159 Å². The molecular weight excluding hydrogens is 1590 g/mol. The van der Waals surface area contributed by atoms with Crippen molar-refractivity contribution >= 4 is 131 Å². The van der Waals surface area contributed by atoms with E-state index < -0.39 is 34.3 Å². The average Bonchev–Trinajstić information content (AvgIpc) is 1.56. The van der Waals surface area contributed by atoms with Crippen molar-refractivity contribution in [3.05, 3.63) is 384 Å². The number of benzene rings is 12. The van der Waals surface area contributed by atoms with Crippen molar-refractivity contribution in [1.29, 1.82) is 0 Å². The third-order valence-electron chi connectivity index (χ3n) is 25.2. The Kier molecular flexibility index (Phi) is 16.6. The zero-order chi connectivity index (χ0) is 102. The van der Waals surface area contributed by atoms with Crippen LogP contribution in [0.3, 0.4) is 0 Å². The Morgan fingerprint density at radius 3 is 0.992 bits per heavy atom. The summed E-state index contributed by atoms with van der Waals surface area (Å²) < 4.78 is 157. The molecule has 12 heterocycles. The highest BCUT2D eigenvalue weighted by Crippen LogP contribution is 2.47. The van der Waals surface area contributed by atoms with Gasteiger partial charge in [0.15, 0.2) is 69.5 Å². The van der Waals surface area contributed by atoms with Crippen LogP contribution < -0.4 is 18.3 Å². The largest absolute Gasteiger partial charge is 0.453 e. The zero-order valence-electron chi connectivity index (χ0n) is 87.9. The summed E-state index contributed by atoms with van der Waals surface area (Å²) >= 11 is 0. The summed E-state index contributed by atoms with van der Waals surface area (Å²) in [6, 6.07) is 92.6. The fourth-order valence-electron chi connectivity index (χ4n) is 18.7. The lowest BCUT2D eigenvalue weighted by Gasteiger charge is -2.11. The molecule has 0 aliphatic rings. The Labute approximate surface area is 774 Å². The lowest BCUT2D eigenvalue weighted by molar-refractivity contribution is -0.660. The third-order valence-corrected chi connectivity index (χ3v) is 25.2. The maximum atomic E-state index is 8.34. The normalized spacial score (nSPS) is 13.8. The molecule has 12 aromatic carbocycles. The van der Waals surface area contributed by atoms with Gasteiger partial charge in [0.25, 0.3) is 0 Å². The molecule has 628 valence electrons. The number of hydrogen-bond acceptors (Lipinski definition) is 8. The molecular formula is C118H96N8O4+4. The van der Waals surface area contributed by atoms with Gasteiger partial charge in [0.1, 0.15) is 50.3 Å². The van der Waals surface area contributed by atoms with Crippen molar-refractivity contribution in [2.75, 3.05) is 0 Å². The third kappa shape index (κ3) is 14.0. The lowest BCUT2D eigenvalue weighted by Crippen LogP contribution is -2.31. The van der Waals surface area contributed by atoms with Gasteiger partial charge in [-0.2, -0.15) is 0 Å². The fraction of sp³-hybridized carbons (Fsp3) is 0.119. The molecule has 0 atom stereocenters. The van der Waals surface area contributed by atoms with Crippen LogP contribution in [0, 0.1) is 68.9 Å². The first-order chi connectivity index (χ1) is 69.3. The molecule has 12 aromatic heterocycles. The van der Waals surface area contributed by atoms with Crippen molar-refractivity contribution in [3.63, 3.8) is 0 Å². The molecule has 0 N–H and O–H groups in total. The summed E-state index contributed by atoms with van der Waals surface area (Å²) in [7, 11) is 7.55. The molecule has 24 aromatic rings. The fourth-order valence-corrected chi connectivity index (χ4v) is 18.7. The number of aryl methyl sites for hydroxylation is 14. The minimum Gasteiger partial charge on any atom is -0.453 e. The van der Waals surface area contributed by atoms with Crippen LogP contribution >= 0.6 is 0 Å². The highest BCUT2D eigenvalue weighted by molar-refractivity contribution is 6.20. The van der Waals surface area contributed by atoms with Crippen molar-refractivity contribution in [2.24, 2.45) is 28.2 Å². The van der Waals surface area contributed by atoms with Gasteiger partial charge in [-0.15, -0.1) is 0 Å². The Hall–Kier alpha value is -15.9. The minimum atomic E-state index is -2.40. The molecule has 12 nitrogen and oxygen atoms in total. The van der Waals surface area contributed by atoms with E-state index in [2.05, 4.69) is 103 Å². The highest BCUT2D eigenvalue weighted by Gasteiger charge is 2.31. The van der Waals surface area contributed by atoms with Gasteiger partial charge in [-0.1, -0.05) is 243 Å². The first kappa shape index (κ1) is 65.6. The van der Waals surface area contributed by atoms with Crippen molar-refractivity contribution < 1.29 is 56.5 Å². The Morgan fingerprint density at radius 2 is 0.577 bits per heavy atom. The summed E-state index contributed by atoms with van der Waals surface area (Å²) in [5, 5.41) is 10.6. The Morgan fingerprint density at radius 1 is 0.246 bits per heavy atom. The van der Waals surface area contributed by atoms with Crippen molar-refractivity contribution in [2.45, 2.75) is 68.9 Å². The van der Waals surface area contributed by atoms with E-state index in [4.69, 9.17) is 53.2 Å². The predicted octanol–water partition coefficient (Wildman–Crippen LogP) is 28.3. The van der Waals surface area contributed by atoms with Gasteiger partial charge in [-0.3, -0.25) is 15.0 Å². The zero-order valence-corrected chi connectivity index (χ0v) is 72.9. The quantitative estimate of drug-likeness (QED) is 0.138. The maximum Gasteiger partial charge on any atom is 0.216 e. The number of furan rings is 4. The first-order valence-corrected chi connectivity index (χ1v) is 43.1. The van der Waals surface area contributed by atoms with E-state index in [0.29, 0.717) is 100 Å². The topological polar surface area (TPSA) is 120 Å². The molecule has 0 aliphatic heterocycles. The Bertz CT molecular complexity index is 9360. The van der Waals surface area contributed by atoms with E-state index in [0.717, 1.165) is 138 Å². The van der Waals surface area contributed by atoms with E-state index in [-0.39, 0.29) is 22.3 Å². The molecule has 130 heavy (non-hydrogen) atoms. The number of pyridine rings is 8. The van der Waals surface area contributed by atoms with E-state index in [1.54, 1.807) is 60.1 Å². The van der Waals surface area contributed by atoms with E-state index >= 15 is 0 Å². The molecule has 12 heteroatoms. The molecule has 0 spiro atoms. The van der Waals surface area contributed by atoms with Crippen LogP contribution in [0.15, 0.2) is 346 Å². The molecule has 24 rings (SSSR count). The monoisotopic (exact) mass is 1700 g/mol. The van der Waals surface area contributed by atoms with Gasteiger partial charge < -0.3 is 17.7 Å². The van der Waals surface area contributed by atoms with Crippen molar-refractivity contribution in [3.8, 4) is 89.5 Å². The van der Waals surface area contributed by atoms with Gasteiger partial charge in [0, 0.05) is 146 Å². The maximum absolute atomic E-state index is 8.34. The van der Waals surface area contributed by atoms with Gasteiger partial charge in [-0.25, -0.2) is 23.3 Å². The smallest absolute Gasteiger partial charge is 0.216 e. The van der Waals surface area contributed by atoms with Crippen molar-refractivity contribution in [1.82, 2.24) is 19.9 Å². The Balaban J connectivity index is 0.000000114. The molecule has 0 saturated carbocycles. The molecule has 0 amide bonds. The standard InChI is InChI=1S/C31H27N2O.C30H25N2O.C29H23N2O.C28H21N2O/c1-18-15-19(2)28-29-30(24-14-10-9-13-23(24)21(4)32-29)34-31(28)27(18)26-16-25(20(3)17-33(26)5)22-11-7-6-8-12-22;1-18-14-19(2)27-28-29(23-13-9-8-12-22(23)16-31-28)33-30(27)26(18)25-15-24(20(3)17-32(25)4)21-10-6-5-7-11-21;1-18-13-14-23-27-29(22-12-8-7-11-21(22)16-30-27)32-28(23)26(18)25-15-24(19(2)17-31(25)3)20-9-5-4-6-10-20;1-18-12-13-23-26-28(22-11-7-6-10-21(22)17-29-26)31-27(23)25(18)24-16-20(14-15-30(24)2)19-8-4-3-5-9-19/h6-17H,1-5H3;5-17H,1-4H3;4-17H,1-3H3;3-17H,1-2H3/q4*+1/i2*2D3,3D3;2D3;. The second kappa shape index (κ2) is 32.8. The number of fused-ring (bicyclic) bond motifs is 20. The van der Waals surface area contributed by atoms with Gasteiger partial charge in [0.05, 0.1) is 33.0 Å². The van der Waals surface area contributed by atoms with Gasteiger partial charge in [0.2, 0.25) is 22.8 Å². The number of rotatable bonds is 8. The summed E-state index contributed by atoms with van der Waals surface area (Å²) in [4.78, 5) is 19.0. The lowest BCUT2D eigenvalue weighted by atomic mass is 9.94. The van der Waals surface area contributed by atoms with Crippen LogP contribution in [-0.4, -0.2) is 19.9 Å². The molecule has 0 radical (unpaired) electrons. The minimum absolute atomic E-state index is 0.172. The summed E-state index contributed by atoms with van der Waals surface area (Å²) in [5.41, 5.74) is 26.8. The predicted molar refractivity (Wildman–Crippen MR) is 532 cm³/mol. The molecule has 0 saturated heterocycles. The van der Waals surface area contributed by atoms with Crippen LogP contribution in [0.5, 0.6) is 0 Å². The molecule has 0 unspecified atom stereocenters. The second-order valence-electron chi connectivity index (χ2n) is 33.5. The second-order valence-corrected chi connectivity index (χ2v) is 33.5. The van der Waals surface area contributed by atoms with Crippen LogP contribution in [0.4, 0.5) is 0 Å².